The van der Waals surface area contributed by atoms with Crippen molar-refractivity contribution < 1.29 is 0 Å². The minimum Gasteiger partial charge on any atom is -0.372 e. The van der Waals surface area contributed by atoms with Gasteiger partial charge in [0.25, 0.3) is 0 Å². The molecule has 0 atom stereocenters. The fourth-order valence-electron chi connectivity index (χ4n) is 2.17. The van der Waals surface area contributed by atoms with Crippen molar-refractivity contribution in [1.82, 2.24) is 5.32 Å². The van der Waals surface area contributed by atoms with E-state index in [1.54, 1.807) is 0 Å². The highest BCUT2D eigenvalue weighted by molar-refractivity contribution is 6.31. The number of nitrogens with one attached hydrogen (secondary N) is 1. The average Bonchev–Trinajstić information content (AvgIpc) is 2.37. The lowest BCUT2D eigenvalue weighted by atomic mass is 10.1. The van der Waals surface area contributed by atoms with Crippen molar-refractivity contribution in [2.45, 2.75) is 59.5 Å². The molecule has 20 heavy (non-hydrogen) atoms. The van der Waals surface area contributed by atoms with Crippen LogP contribution in [0.1, 0.15) is 53.0 Å². The van der Waals surface area contributed by atoms with Crippen LogP contribution in [-0.2, 0) is 6.54 Å². The molecule has 0 aliphatic heterocycles. The van der Waals surface area contributed by atoms with E-state index < -0.39 is 0 Å². The lowest BCUT2D eigenvalue weighted by Crippen LogP contribution is -2.36. The molecule has 0 spiro atoms. The molecule has 0 fully saturated rings. The second kappa shape index (κ2) is 7.90. The first-order valence-electron chi connectivity index (χ1n) is 7.66. The van der Waals surface area contributed by atoms with Gasteiger partial charge in [-0.2, -0.15) is 0 Å². The number of rotatable bonds is 7. The van der Waals surface area contributed by atoms with E-state index >= 15 is 0 Å². The van der Waals surface area contributed by atoms with Crippen molar-refractivity contribution in [3.63, 3.8) is 0 Å². The molecule has 2 nitrogen and oxygen atoms in total. The molecule has 0 amide bonds. The van der Waals surface area contributed by atoms with Crippen molar-refractivity contribution in [3.05, 3.63) is 28.8 Å². The van der Waals surface area contributed by atoms with Crippen LogP contribution in [0.25, 0.3) is 0 Å². The van der Waals surface area contributed by atoms with Crippen LogP contribution in [0.15, 0.2) is 18.2 Å². The zero-order valence-electron chi connectivity index (χ0n) is 13.6. The predicted molar refractivity (Wildman–Crippen MR) is 90.8 cm³/mol. The summed E-state index contributed by atoms with van der Waals surface area (Å²) >= 11 is 6.43. The Morgan fingerprint density at radius 3 is 2.45 bits per heavy atom. The van der Waals surface area contributed by atoms with Crippen LogP contribution in [-0.4, -0.2) is 18.6 Å². The first-order chi connectivity index (χ1) is 9.39. The summed E-state index contributed by atoms with van der Waals surface area (Å²) in [4.78, 5) is 2.43. The molecular formula is C17H29ClN2. The molecule has 0 unspecified atom stereocenters. The molecule has 3 heteroatoms. The fraction of sp³-hybridized carbons (Fsp3) is 0.647. The summed E-state index contributed by atoms with van der Waals surface area (Å²) in [6.07, 6.45) is 2.43. The summed E-state index contributed by atoms with van der Waals surface area (Å²) < 4.78 is 0. The minimum atomic E-state index is 0.0942. The van der Waals surface area contributed by atoms with Crippen LogP contribution in [0.5, 0.6) is 0 Å². The van der Waals surface area contributed by atoms with Crippen LogP contribution in [0.4, 0.5) is 5.69 Å². The van der Waals surface area contributed by atoms with Crippen molar-refractivity contribution in [2.24, 2.45) is 0 Å². The highest BCUT2D eigenvalue weighted by atomic mass is 35.5. The number of benzene rings is 1. The molecule has 0 heterocycles. The zero-order chi connectivity index (χ0) is 15.2. The molecule has 0 saturated carbocycles. The van der Waals surface area contributed by atoms with Gasteiger partial charge in [-0.25, -0.2) is 0 Å². The van der Waals surface area contributed by atoms with Gasteiger partial charge in [-0.1, -0.05) is 31.0 Å². The lowest BCUT2D eigenvalue weighted by Gasteiger charge is -2.28. The Bertz CT molecular complexity index is 410. The molecule has 1 N–H and O–H groups in total. The van der Waals surface area contributed by atoms with Crippen molar-refractivity contribution >= 4 is 17.3 Å². The van der Waals surface area contributed by atoms with E-state index in [0.717, 1.165) is 24.7 Å². The Balaban J connectivity index is 2.96. The van der Waals surface area contributed by atoms with Crippen molar-refractivity contribution in [1.29, 1.82) is 0 Å². The molecule has 114 valence electrons. The maximum atomic E-state index is 6.43. The van der Waals surface area contributed by atoms with Gasteiger partial charge in [0.1, 0.15) is 0 Å². The largest absolute Gasteiger partial charge is 0.372 e. The molecule has 0 radical (unpaired) electrons. The number of anilines is 1. The Morgan fingerprint density at radius 1 is 1.20 bits per heavy atom. The summed E-state index contributed by atoms with van der Waals surface area (Å²) in [5.41, 5.74) is 2.57. The van der Waals surface area contributed by atoms with Crippen LogP contribution >= 0.6 is 11.6 Å². The molecular weight excluding hydrogens is 268 g/mol. The Morgan fingerprint density at radius 2 is 1.90 bits per heavy atom. The van der Waals surface area contributed by atoms with E-state index in [9.17, 15) is 0 Å². The highest BCUT2D eigenvalue weighted by Crippen LogP contribution is 2.28. The van der Waals surface area contributed by atoms with E-state index in [4.69, 9.17) is 11.6 Å². The Hall–Kier alpha value is -0.730. The third-order valence-electron chi connectivity index (χ3n) is 3.39. The minimum absolute atomic E-state index is 0.0942. The van der Waals surface area contributed by atoms with Gasteiger partial charge >= 0.3 is 0 Å². The summed E-state index contributed by atoms with van der Waals surface area (Å²) in [7, 11) is 0. The number of nitrogens with zero attached hydrogens (tertiary/aromatic N) is 1. The topological polar surface area (TPSA) is 15.3 Å². The van der Waals surface area contributed by atoms with E-state index in [1.807, 2.05) is 12.1 Å². The normalized spacial score (nSPS) is 11.7. The van der Waals surface area contributed by atoms with Gasteiger partial charge in [-0.05, 0) is 46.2 Å². The van der Waals surface area contributed by atoms with Gasteiger partial charge < -0.3 is 10.2 Å². The molecule has 0 saturated heterocycles. The summed E-state index contributed by atoms with van der Waals surface area (Å²) in [6, 6.07) is 6.22. The van der Waals surface area contributed by atoms with E-state index in [-0.39, 0.29) is 5.54 Å². The second-order valence-electron chi connectivity index (χ2n) is 6.27. The summed E-state index contributed by atoms with van der Waals surface area (Å²) in [6.45, 7) is 13.9. The molecule has 0 aromatic heterocycles. The molecule has 1 aromatic carbocycles. The number of hydrogen-bond acceptors (Lipinski definition) is 2. The standard InChI is InChI=1S/C17H29ClN2/c1-6-8-12-20(7-2)16-11-9-10-15(18)14(16)13-19-17(3,4)5/h9-11,19H,6-8,12-13H2,1-5H3. The molecule has 1 rings (SSSR count). The van der Waals surface area contributed by atoms with Gasteiger partial charge in [0.2, 0.25) is 0 Å². The summed E-state index contributed by atoms with van der Waals surface area (Å²) in [5, 5.41) is 4.40. The first-order valence-corrected chi connectivity index (χ1v) is 8.04. The number of halogens is 1. The number of unbranched alkanes of at least 4 members (excludes halogenated alkanes) is 1. The SMILES string of the molecule is CCCCN(CC)c1cccc(Cl)c1CNC(C)(C)C. The zero-order valence-corrected chi connectivity index (χ0v) is 14.3. The fourth-order valence-corrected chi connectivity index (χ4v) is 2.41. The smallest absolute Gasteiger partial charge is 0.0471 e. The quantitative estimate of drug-likeness (QED) is 0.773. The third kappa shape index (κ3) is 5.34. The lowest BCUT2D eigenvalue weighted by molar-refractivity contribution is 0.424. The van der Waals surface area contributed by atoms with Crippen LogP contribution < -0.4 is 10.2 Å². The maximum absolute atomic E-state index is 6.43. The summed E-state index contributed by atoms with van der Waals surface area (Å²) in [5.74, 6) is 0. The second-order valence-corrected chi connectivity index (χ2v) is 6.68. The molecule has 1 aromatic rings. The van der Waals surface area contributed by atoms with Gasteiger partial charge in [-0.15, -0.1) is 0 Å². The van der Waals surface area contributed by atoms with E-state index in [0.29, 0.717) is 0 Å². The third-order valence-corrected chi connectivity index (χ3v) is 3.75. The number of hydrogen-bond donors (Lipinski definition) is 1. The van der Waals surface area contributed by atoms with Crippen LogP contribution in [0.2, 0.25) is 5.02 Å². The van der Waals surface area contributed by atoms with Gasteiger partial charge in [0.15, 0.2) is 0 Å². The van der Waals surface area contributed by atoms with Gasteiger partial charge in [0, 0.05) is 41.4 Å². The molecule has 0 aliphatic carbocycles. The molecule has 0 aliphatic rings. The Labute approximate surface area is 129 Å². The predicted octanol–water partition coefficient (Wildman–Crippen LogP) is 4.85. The van der Waals surface area contributed by atoms with Crippen LogP contribution in [0, 0.1) is 0 Å². The highest BCUT2D eigenvalue weighted by Gasteiger charge is 2.15. The van der Waals surface area contributed by atoms with E-state index in [1.165, 1.54) is 24.1 Å². The van der Waals surface area contributed by atoms with Crippen molar-refractivity contribution in [3.8, 4) is 0 Å². The average molecular weight is 297 g/mol. The Kier molecular flexibility index (Phi) is 6.84. The molecule has 0 bridgehead atoms. The first kappa shape index (κ1) is 17.3. The van der Waals surface area contributed by atoms with E-state index in [2.05, 4.69) is 50.9 Å². The van der Waals surface area contributed by atoms with Gasteiger partial charge in [0.05, 0.1) is 0 Å². The van der Waals surface area contributed by atoms with Gasteiger partial charge in [-0.3, -0.25) is 0 Å². The van der Waals surface area contributed by atoms with Crippen LogP contribution in [0.3, 0.4) is 0 Å². The monoisotopic (exact) mass is 296 g/mol. The van der Waals surface area contributed by atoms with Crippen molar-refractivity contribution in [2.75, 3.05) is 18.0 Å². The maximum Gasteiger partial charge on any atom is 0.0471 e.